The van der Waals surface area contributed by atoms with Gasteiger partial charge in [0.1, 0.15) is 5.69 Å². The van der Waals surface area contributed by atoms with Gasteiger partial charge in [-0.3, -0.25) is 0 Å². The number of nitrogens with two attached hydrogens (primary N) is 1. The number of hydrogen-bond donors (Lipinski definition) is 2. The summed E-state index contributed by atoms with van der Waals surface area (Å²) in [5.74, 6) is 7.87. The normalized spacial score (nSPS) is 18.9. The van der Waals surface area contributed by atoms with Crippen LogP contribution in [-0.2, 0) is 6.42 Å². The molecule has 0 bridgehead atoms. The molecule has 6 heteroatoms. The van der Waals surface area contributed by atoms with E-state index in [4.69, 9.17) is 5.84 Å². The lowest BCUT2D eigenvalue weighted by atomic mass is 10.1. The second-order valence-corrected chi connectivity index (χ2v) is 6.71. The molecule has 27 heavy (non-hydrogen) atoms. The fourth-order valence-electron chi connectivity index (χ4n) is 3.25. The van der Waals surface area contributed by atoms with E-state index in [2.05, 4.69) is 58.4 Å². The first-order chi connectivity index (χ1) is 13.1. The molecule has 0 amide bonds. The second-order valence-electron chi connectivity index (χ2n) is 6.71. The summed E-state index contributed by atoms with van der Waals surface area (Å²) < 4.78 is -0.0593. The van der Waals surface area contributed by atoms with Gasteiger partial charge in [0.05, 0.1) is 6.04 Å². The first kappa shape index (κ1) is 17.3. The number of aliphatic imine (C=N–C) groups is 1. The van der Waals surface area contributed by atoms with Crippen molar-refractivity contribution in [1.29, 1.82) is 0 Å². The Hall–Kier alpha value is -3.09. The molecule has 0 saturated heterocycles. The molecule has 1 aliphatic rings. The van der Waals surface area contributed by atoms with Crippen LogP contribution in [0.2, 0.25) is 0 Å². The van der Waals surface area contributed by atoms with Crippen molar-refractivity contribution in [2.75, 3.05) is 5.32 Å². The highest BCUT2D eigenvalue weighted by Gasteiger charge is 2.37. The fourth-order valence-corrected chi connectivity index (χ4v) is 3.25. The van der Waals surface area contributed by atoms with E-state index in [1.165, 1.54) is 11.1 Å². The van der Waals surface area contributed by atoms with Gasteiger partial charge in [-0.1, -0.05) is 43.3 Å². The lowest BCUT2D eigenvalue weighted by Gasteiger charge is -2.23. The topological polar surface area (TPSA) is 76.2 Å². The number of rotatable bonds is 5. The van der Waals surface area contributed by atoms with E-state index in [0.717, 1.165) is 17.8 Å². The van der Waals surface area contributed by atoms with Crippen LogP contribution < -0.4 is 15.8 Å². The Morgan fingerprint density at radius 3 is 2.70 bits per heavy atom. The molecule has 2 atom stereocenters. The van der Waals surface area contributed by atoms with Crippen LogP contribution in [0.5, 0.6) is 0 Å². The number of anilines is 1. The Morgan fingerprint density at radius 1 is 1.11 bits per heavy atom. The molecule has 2 aromatic carbocycles. The zero-order chi connectivity index (χ0) is 18.9. The molecule has 3 aromatic rings. The smallest absolute Gasteiger partial charge is 0.263 e. The average Bonchev–Trinajstić information content (AvgIpc) is 3.06. The van der Waals surface area contributed by atoms with E-state index in [1.807, 2.05) is 30.3 Å². The van der Waals surface area contributed by atoms with E-state index in [1.54, 1.807) is 12.5 Å². The first-order valence-corrected chi connectivity index (χ1v) is 9.11. The van der Waals surface area contributed by atoms with Crippen LogP contribution in [0.3, 0.4) is 0 Å². The van der Waals surface area contributed by atoms with Crippen molar-refractivity contribution in [3.8, 4) is 0 Å². The van der Waals surface area contributed by atoms with Crippen molar-refractivity contribution in [2.24, 2.45) is 10.8 Å². The number of aromatic nitrogens is 2. The quantitative estimate of drug-likeness (QED) is 0.523. The van der Waals surface area contributed by atoms with E-state index < -0.39 is 0 Å². The van der Waals surface area contributed by atoms with Crippen LogP contribution in [0.15, 0.2) is 65.8 Å². The monoisotopic (exact) mass is 359 g/mol. The largest absolute Gasteiger partial charge is 0.348 e. The summed E-state index contributed by atoms with van der Waals surface area (Å²) in [6.07, 6.45) is 4.41. The van der Waals surface area contributed by atoms with Crippen LogP contribution in [0.4, 0.5) is 23.1 Å². The molecule has 0 spiro atoms. The van der Waals surface area contributed by atoms with Crippen LogP contribution in [0, 0.1) is 0 Å². The maximum Gasteiger partial charge on any atom is 0.263 e. The molecule has 136 valence electrons. The van der Waals surface area contributed by atoms with Crippen LogP contribution in [0.1, 0.15) is 31.0 Å². The Morgan fingerprint density at radius 2 is 1.93 bits per heavy atom. The van der Waals surface area contributed by atoms with Crippen molar-refractivity contribution in [1.82, 2.24) is 14.6 Å². The number of hydrogen-bond acceptors (Lipinski definition) is 5. The predicted octanol–water partition coefficient (Wildman–Crippen LogP) is 4.40. The summed E-state index contributed by atoms with van der Waals surface area (Å²) in [6, 6.07) is 18.3. The second kappa shape index (κ2) is 6.90. The van der Waals surface area contributed by atoms with Crippen molar-refractivity contribution in [3.63, 3.8) is 0 Å². The van der Waals surface area contributed by atoms with Crippen LogP contribution in [0.25, 0.3) is 0 Å². The molecule has 6 nitrogen and oxygen atoms in total. The highest BCUT2D eigenvalue weighted by molar-refractivity contribution is 5.93. The Labute approximate surface area is 159 Å². The first-order valence-electron chi connectivity index (χ1n) is 9.11. The molecule has 3 N–H and O–H groups in total. The molecular formula is C21H23N6+. The Kier molecular flexibility index (Phi) is 4.43. The van der Waals surface area contributed by atoms with Gasteiger partial charge in [-0.15, -0.1) is 4.59 Å². The summed E-state index contributed by atoms with van der Waals surface area (Å²) in [7, 11) is 0. The Balaban J connectivity index is 1.63. The molecule has 0 fully saturated rings. The molecule has 0 aliphatic carbocycles. The summed E-state index contributed by atoms with van der Waals surface area (Å²) in [4.78, 5) is 13.5. The zero-order valence-corrected chi connectivity index (χ0v) is 15.5. The van der Waals surface area contributed by atoms with Gasteiger partial charge in [0.15, 0.2) is 5.69 Å². The van der Waals surface area contributed by atoms with Gasteiger partial charge in [0.2, 0.25) is 12.3 Å². The van der Waals surface area contributed by atoms with Crippen LogP contribution in [-0.4, -0.2) is 16.3 Å². The van der Waals surface area contributed by atoms with Crippen molar-refractivity contribution < 1.29 is 0 Å². The zero-order valence-electron chi connectivity index (χ0n) is 15.5. The molecule has 1 aliphatic heterocycles. The van der Waals surface area contributed by atoms with Gasteiger partial charge in [-0.05, 0) is 30.5 Å². The summed E-state index contributed by atoms with van der Waals surface area (Å²) in [6.45, 7) is 4.21. The molecule has 0 saturated carbocycles. The van der Waals surface area contributed by atoms with Gasteiger partial charge in [0.25, 0.3) is 5.82 Å². The molecular weight excluding hydrogens is 336 g/mol. The van der Waals surface area contributed by atoms with Gasteiger partial charge < -0.3 is 5.32 Å². The lowest BCUT2D eigenvalue weighted by molar-refractivity contribution is 0.596. The maximum atomic E-state index is 6.66. The van der Waals surface area contributed by atoms with Crippen LogP contribution >= 0.6 is 0 Å². The molecule has 0 radical (unpaired) electrons. The number of quaternary nitrogens is 1. The molecule has 4 rings (SSSR count). The fraction of sp³-hybridized carbons (Fsp3) is 0.190. The van der Waals surface area contributed by atoms with Gasteiger partial charge in [0, 0.05) is 18.3 Å². The molecule has 2 heterocycles. The lowest BCUT2D eigenvalue weighted by Crippen LogP contribution is -2.49. The third-order valence-electron chi connectivity index (χ3n) is 4.89. The van der Waals surface area contributed by atoms with Gasteiger partial charge in [-0.2, -0.15) is 15.8 Å². The minimum atomic E-state index is -0.0593. The SMILES string of the molecule is CCc1ccc2c(c1)N=C[N+]2(N)c1ccnc(NC(C)c2ccccc2)n1. The standard InChI is InChI=1S/C21H23N6/c1-3-16-9-10-19-18(13-16)24-14-27(19,22)20-11-12-23-21(26-20)25-15(2)17-7-5-4-6-8-17/h4-15H,3,22H2,1-2H3,(H,23,25,26)/q+1. The summed E-state index contributed by atoms with van der Waals surface area (Å²) in [5, 5.41) is 3.35. The van der Waals surface area contributed by atoms with Gasteiger partial charge in [-0.25, -0.2) is 4.98 Å². The Bertz CT molecular complexity index is 985. The van der Waals surface area contributed by atoms with Crippen molar-refractivity contribution in [3.05, 3.63) is 71.9 Å². The number of nitrogens with zero attached hydrogens (tertiary/aromatic N) is 4. The van der Waals surface area contributed by atoms with E-state index >= 15 is 0 Å². The predicted molar refractivity (Wildman–Crippen MR) is 110 cm³/mol. The van der Waals surface area contributed by atoms with E-state index in [9.17, 15) is 0 Å². The number of benzene rings is 2. The minimum Gasteiger partial charge on any atom is -0.348 e. The highest BCUT2D eigenvalue weighted by Crippen LogP contribution is 2.41. The summed E-state index contributed by atoms with van der Waals surface area (Å²) in [5.41, 5.74) is 4.21. The third-order valence-corrected chi connectivity index (χ3v) is 4.89. The van der Waals surface area contributed by atoms with E-state index in [0.29, 0.717) is 11.8 Å². The molecule has 1 aromatic heterocycles. The van der Waals surface area contributed by atoms with Crippen molar-refractivity contribution >= 4 is 29.5 Å². The minimum absolute atomic E-state index is 0.0593. The average molecular weight is 359 g/mol. The highest BCUT2D eigenvalue weighted by atomic mass is 15.6. The number of fused-ring (bicyclic) bond motifs is 1. The number of nitrogens with one attached hydrogen (secondary N) is 1. The molecule has 2 unspecified atom stereocenters. The van der Waals surface area contributed by atoms with Crippen molar-refractivity contribution in [2.45, 2.75) is 26.3 Å². The van der Waals surface area contributed by atoms with E-state index in [-0.39, 0.29) is 10.6 Å². The third kappa shape index (κ3) is 3.20. The van der Waals surface area contributed by atoms with Gasteiger partial charge >= 0.3 is 0 Å². The maximum absolute atomic E-state index is 6.66. The number of aryl methyl sites for hydroxylation is 1. The summed E-state index contributed by atoms with van der Waals surface area (Å²) >= 11 is 0.